The summed E-state index contributed by atoms with van der Waals surface area (Å²) in [5, 5.41) is 10.9. The normalized spacial score (nSPS) is 16.5. The highest BCUT2D eigenvalue weighted by atomic mass is 127. The number of aromatic nitrogens is 2. The Kier molecular flexibility index (Phi) is 10.6. The number of aliphatic imine (C=N–C) groups is 1. The van der Waals surface area contributed by atoms with Gasteiger partial charge in [0.2, 0.25) is 11.8 Å². The van der Waals surface area contributed by atoms with Gasteiger partial charge >= 0.3 is 0 Å². The Morgan fingerprint density at radius 2 is 2.18 bits per heavy atom. The zero-order chi connectivity index (χ0) is 19.8. The van der Waals surface area contributed by atoms with Crippen LogP contribution in [0.25, 0.3) is 0 Å². The first kappa shape index (κ1) is 24.5. The summed E-state index contributed by atoms with van der Waals surface area (Å²) in [4.78, 5) is 18.1. The number of hydrogen-bond donors (Lipinski definition) is 2. The lowest BCUT2D eigenvalue weighted by Gasteiger charge is -2.16. The first-order valence-electron chi connectivity index (χ1n) is 9.35. The van der Waals surface area contributed by atoms with Gasteiger partial charge in [0.1, 0.15) is 0 Å². The third-order valence-corrected chi connectivity index (χ3v) is 4.58. The molecule has 10 heteroatoms. The molecule has 1 amide bonds. The Labute approximate surface area is 184 Å². The number of ether oxygens (including phenoxy) is 2. The van der Waals surface area contributed by atoms with E-state index in [9.17, 15) is 4.79 Å². The number of rotatable bonds is 8. The molecule has 0 saturated carbocycles. The van der Waals surface area contributed by atoms with E-state index in [-0.39, 0.29) is 36.4 Å². The minimum absolute atomic E-state index is 0. The summed E-state index contributed by atoms with van der Waals surface area (Å²) in [5.74, 6) is 1.76. The molecule has 1 aromatic rings. The molecule has 2 N–H and O–H groups in total. The molecular formula is C18H33IN6O3. The van der Waals surface area contributed by atoms with E-state index in [0.717, 1.165) is 43.9 Å². The molecule has 0 radical (unpaired) electrons. The Bertz CT molecular complexity index is 656. The highest BCUT2D eigenvalue weighted by molar-refractivity contribution is 14.0. The topological polar surface area (TPSA) is 93.0 Å². The van der Waals surface area contributed by atoms with Crippen LogP contribution in [-0.4, -0.2) is 74.1 Å². The highest BCUT2D eigenvalue weighted by Gasteiger charge is 2.18. The Morgan fingerprint density at radius 3 is 2.75 bits per heavy atom. The Balaban J connectivity index is 0.00000392. The monoisotopic (exact) mass is 508 g/mol. The van der Waals surface area contributed by atoms with E-state index in [1.54, 1.807) is 30.8 Å². The molecule has 28 heavy (non-hydrogen) atoms. The summed E-state index contributed by atoms with van der Waals surface area (Å²) >= 11 is 0. The SMILES string of the molecule is CCc1nn(C)c(OC)c1CN=C(NCC(=O)N(C)C)NCC1CCOC1.I. The summed E-state index contributed by atoms with van der Waals surface area (Å²) in [6.45, 7) is 4.98. The molecule has 0 spiro atoms. The molecular weight excluding hydrogens is 475 g/mol. The molecule has 1 saturated heterocycles. The standard InChI is InChI=1S/C18H32N6O3.HI/c1-6-15-14(17(26-5)24(4)22-15)10-20-18(21-11-16(25)23(2)3)19-9-13-7-8-27-12-13;/h13H,6-12H2,1-5H3,(H2,19,20,21);1H. The number of carbonyl (C=O) groups excluding carboxylic acids is 1. The minimum Gasteiger partial charge on any atom is -0.481 e. The second-order valence-electron chi connectivity index (χ2n) is 6.83. The van der Waals surface area contributed by atoms with Crippen molar-refractivity contribution in [2.24, 2.45) is 18.0 Å². The average molecular weight is 508 g/mol. The van der Waals surface area contributed by atoms with E-state index in [0.29, 0.717) is 24.3 Å². The smallest absolute Gasteiger partial charge is 0.241 e. The molecule has 9 nitrogen and oxygen atoms in total. The summed E-state index contributed by atoms with van der Waals surface area (Å²) < 4.78 is 12.6. The summed E-state index contributed by atoms with van der Waals surface area (Å²) in [6, 6.07) is 0. The number of hydrogen-bond acceptors (Lipinski definition) is 5. The second kappa shape index (κ2) is 12.1. The molecule has 1 atom stereocenters. The van der Waals surface area contributed by atoms with Crippen molar-refractivity contribution in [2.75, 3.05) is 47.5 Å². The van der Waals surface area contributed by atoms with Gasteiger partial charge in [-0.2, -0.15) is 5.10 Å². The number of carbonyl (C=O) groups is 1. The molecule has 0 aliphatic carbocycles. The van der Waals surface area contributed by atoms with Gasteiger partial charge in [0.05, 0.1) is 38.1 Å². The number of likely N-dealkylation sites (N-methyl/N-ethyl adjacent to an activating group) is 1. The van der Waals surface area contributed by atoms with Crippen LogP contribution in [0, 0.1) is 5.92 Å². The summed E-state index contributed by atoms with van der Waals surface area (Å²) in [7, 11) is 6.96. The number of methoxy groups -OCH3 is 1. The number of nitrogens with one attached hydrogen (secondary N) is 2. The van der Waals surface area contributed by atoms with Crippen molar-refractivity contribution >= 4 is 35.8 Å². The average Bonchev–Trinajstić information content (AvgIpc) is 3.27. The third kappa shape index (κ3) is 6.80. The zero-order valence-corrected chi connectivity index (χ0v) is 19.8. The van der Waals surface area contributed by atoms with E-state index in [2.05, 4.69) is 27.6 Å². The summed E-state index contributed by atoms with van der Waals surface area (Å²) in [5.41, 5.74) is 1.93. The molecule has 1 aliphatic rings. The van der Waals surface area contributed by atoms with Crippen LogP contribution < -0.4 is 15.4 Å². The molecule has 160 valence electrons. The predicted molar refractivity (Wildman–Crippen MR) is 119 cm³/mol. The van der Waals surface area contributed by atoms with Crippen molar-refractivity contribution in [2.45, 2.75) is 26.3 Å². The molecule has 1 fully saturated rings. The van der Waals surface area contributed by atoms with Gasteiger partial charge in [-0.05, 0) is 12.8 Å². The molecule has 1 aromatic heterocycles. The predicted octanol–water partition coefficient (Wildman–Crippen LogP) is 0.769. The molecule has 1 unspecified atom stereocenters. The minimum atomic E-state index is -0.0121. The van der Waals surface area contributed by atoms with Crippen molar-refractivity contribution in [1.82, 2.24) is 25.3 Å². The number of halogens is 1. The fraction of sp³-hybridized carbons (Fsp3) is 0.722. The summed E-state index contributed by atoms with van der Waals surface area (Å²) in [6.07, 6.45) is 1.84. The van der Waals surface area contributed by atoms with Crippen LogP contribution in [0.1, 0.15) is 24.6 Å². The third-order valence-electron chi connectivity index (χ3n) is 4.58. The first-order valence-corrected chi connectivity index (χ1v) is 9.35. The molecule has 0 aromatic carbocycles. The van der Waals surface area contributed by atoms with Crippen molar-refractivity contribution in [3.8, 4) is 5.88 Å². The van der Waals surface area contributed by atoms with Crippen LogP contribution in [0.4, 0.5) is 0 Å². The van der Waals surface area contributed by atoms with E-state index >= 15 is 0 Å². The van der Waals surface area contributed by atoms with Crippen molar-refractivity contribution < 1.29 is 14.3 Å². The lowest BCUT2D eigenvalue weighted by atomic mass is 10.1. The van der Waals surface area contributed by atoms with Crippen LogP contribution in [0.2, 0.25) is 0 Å². The fourth-order valence-electron chi connectivity index (χ4n) is 2.94. The van der Waals surface area contributed by atoms with Gasteiger partial charge in [0.25, 0.3) is 0 Å². The van der Waals surface area contributed by atoms with Crippen LogP contribution >= 0.6 is 24.0 Å². The van der Waals surface area contributed by atoms with Crippen molar-refractivity contribution in [1.29, 1.82) is 0 Å². The molecule has 1 aliphatic heterocycles. The van der Waals surface area contributed by atoms with E-state index in [1.165, 1.54) is 0 Å². The van der Waals surface area contributed by atoms with Crippen LogP contribution in [-0.2, 0) is 29.5 Å². The number of amides is 1. The number of aryl methyl sites for hydroxylation is 2. The lowest BCUT2D eigenvalue weighted by Crippen LogP contribution is -2.44. The second-order valence-corrected chi connectivity index (χ2v) is 6.83. The number of nitrogens with zero attached hydrogens (tertiary/aromatic N) is 4. The maximum Gasteiger partial charge on any atom is 0.241 e. The van der Waals surface area contributed by atoms with Gasteiger partial charge in [0.15, 0.2) is 5.96 Å². The Hall–Kier alpha value is -1.56. The van der Waals surface area contributed by atoms with Gasteiger partial charge < -0.3 is 25.0 Å². The largest absolute Gasteiger partial charge is 0.481 e. The molecule has 2 heterocycles. The first-order chi connectivity index (χ1) is 13.0. The maximum atomic E-state index is 11.9. The van der Waals surface area contributed by atoms with Gasteiger partial charge in [-0.3, -0.25) is 4.79 Å². The van der Waals surface area contributed by atoms with Gasteiger partial charge in [-0.15, -0.1) is 24.0 Å². The van der Waals surface area contributed by atoms with E-state index in [4.69, 9.17) is 9.47 Å². The zero-order valence-electron chi connectivity index (χ0n) is 17.4. The Morgan fingerprint density at radius 1 is 1.43 bits per heavy atom. The van der Waals surface area contributed by atoms with Gasteiger partial charge in [-0.1, -0.05) is 6.92 Å². The van der Waals surface area contributed by atoms with Gasteiger partial charge in [-0.25, -0.2) is 9.67 Å². The van der Waals surface area contributed by atoms with Crippen molar-refractivity contribution in [3.63, 3.8) is 0 Å². The quantitative estimate of drug-likeness (QED) is 0.306. The molecule has 2 rings (SSSR count). The van der Waals surface area contributed by atoms with Crippen LogP contribution in [0.15, 0.2) is 4.99 Å². The fourth-order valence-corrected chi connectivity index (χ4v) is 2.94. The highest BCUT2D eigenvalue weighted by Crippen LogP contribution is 2.22. The van der Waals surface area contributed by atoms with Crippen molar-refractivity contribution in [3.05, 3.63) is 11.3 Å². The van der Waals surface area contributed by atoms with Crippen LogP contribution in [0.5, 0.6) is 5.88 Å². The molecule has 0 bridgehead atoms. The van der Waals surface area contributed by atoms with Gasteiger partial charge in [0, 0.05) is 40.2 Å². The van der Waals surface area contributed by atoms with Crippen LogP contribution in [0.3, 0.4) is 0 Å². The lowest BCUT2D eigenvalue weighted by molar-refractivity contribution is -0.127. The maximum absolute atomic E-state index is 11.9. The van der Waals surface area contributed by atoms with E-state index in [1.807, 2.05) is 7.05 Å². The van der Waals surface area contributed by atoms with E-state index < -0.39 is 0 Å². The number of guanidine groups is 1.